The maximum absolute atomic E-state index is 6.14. The Hall–Kier alpha value is -1.29. The summed E-state index contributed by atoms with van der Waals surface area (Å²) in [6, 6.07) is 11.2. The van der Waals surface area contributed by atoms with Crippen LogP contribution in [0, 0.1) is 0 Å². The van der Waals surface area contributed by atoms with E-state index in [0.29, 0.717) is 29.1 Å². The number of pyridine rings is 1. The van der Waals surface area contributed by atoms with Crippen molar-refractivity contribution in [3.8, 4) is 5.88 Å². The van der Waals surface area contributed by atoms with Crippen molar-refractivity contribution in [1.29, 1.82) is 0 Å². The molecule has 1 aromatic carbocycles. The molecule has 0 unspecified atom stereocenters. The van der Waals surface area contributed by atoms with Crippen LogP contribution < -0.4 is 10.1 Å². The summed E-state index contributed by atoms with van der Waals surface area (Å²) in [5.41, 5.74) is 1.73. The van der Waals surface area contributed by atoms with Crippen molar-refractivity contribution in [2.75, 3.05) is 6.54 Å². The van der Waals surface area contributed by atoms with Crippen LogP contribution in [0.5, 0.6) is 5.88 Å². The molecule has 1 aromatic heterocycles. The summed E-state index contributed by atoms with van der Waals surface area (Å²) >= 11 is 12.2. The third kappa shape index (κ3) is 4.88. The standard InChI is InChI=1S/C16H18Cl2N2O/c1-2-9-19-10-15-14(18)7-8-16(20-15)21-11-12-5-3-4-6-13(12)17/h3-8,19H,2,9-11H2,1H3. The predicted molar refractivity (Wildman–Crippen MR) is 87.0 cm³/mol. The van der Waals surface area contributed by atoms with Crippen LogP contribution in [0.1, 0.15) is 24.6 Å². The molecule has 0 bridgehead atoms. The molecule has 0 aliphatic rings. The van der Waals surface area contributed by atoms with Gasteiger partial charge < -0.3 is 10.1 Å². The molecular formula is C16H18Cl2N2O. The molecule has 0 atom stereocenters. The molecular weight excluding hydrogens is 307 g/mol. The minimum Gasteiger partial charge on any atom is -0.473 e. The molecule has 0 amide bonds. The van der Waals surface area contributed by atoms with E-state index in [1.165, 1.54) is 0 Å². The zero-order valence-electron chi connectivity index (χ0n) is 11.9. The van der Waals surface area contributed by atoms with Gasteiger partial charge in [-0.25, -0.2) is 4.98 Å². The lowest BCUT2D eigenvalue weighted by molar-refractivity contribution is 0.293. The van der Waals surface area contributed by atoms with Crippen molar-refractivity contribution in [3.05, 3.63) is 57.7 Å². The highest BCUT2D eigenvalue weighted by Gasteiger charge is 2.06. The average Bonchev–Trinajstić information content (AvgIpc) is 2.49. The van der Waals surface area contributed by atoms with Crippen LogP contribution in [-0.2, 0) is 13.2 Å². The van der Waals surface area contributed by atoms with Gasteiger partial charge in [0.2, 0.25) is 5.88 Å². The summed E-state index contributed by atoms with van der Waals surface area (Å²) < 4.78 is 5.69. The zero-order valence-corrected chi connectivity index (χ0v) is 13.4. The minimum absolute atomic E-state index is 0.385. The van der Waals surface area contributed by atoms with Crippen molar-refractivity contribution in [1.82, 2.24) is 10.3 Å². The Kier molecular flexibility index (Phi) is 6.30. The summed E-state index contributed by atoms with van der Waals surface area (Å²) in [4.78, 5) is 4.43. The second-order valence-corrected chi connectivity index (χ2v) is 5.45. The Balaban J connectivity index is 2.00. The van der Waals surface area contributed by atoms with Crippen molar-refractivity contribution >= 4 is 23.2 Å². The highest BCUT2D eigenvalue weighted by Crippen LogP contribution is 2.20. The van der Waals surface area contributed by atoms with Gasteiger partial charge in [-0.2, -0.15) is 0 Å². The van der Waals surface area contributed by atoms with E-state index in [0.717, 1.165) is 24.2 Å². The van der Waals surface area contributed by atoms with Crippen LogP contribution >= 0.6 is 23.2 Å². The molecule has 0 spiro atoms. The highest BCUT2D eigenvalue weighted by atomic mass is 35.5. The second kappa shape index (κ2) is 8.23. The Morgan fingerprint density at radius 3 is 2.67 bits per heavy atom. The predicted octanol–water partition coefficient (Wildman–Crippen LogP) is 4.47. The third-order valence-electron chi connectivity index (χ3n) is 2.95. The van der Waals surface area contributed by atoms with Gasteiger partial charge in [-0.3, -0.25) is 0 Å². The van der Waals surface area contributed by atoms with Gasteiger partial charge in [0, 0.05) is 23.2 Å². The number of halogens is 2. The third-order valence-corrected chi connectivity index (χ3v) is 3.66. The van der Waals surface area contributed by atoms with Crippen LogP contribution in [0.3, 0.4) is 0 Å². The first-order valence-electron chi connectivity index (χ1n) is 6.93. The lowest BCUT2D eigenvalue weighted by Crippen LogP contribution is -2.15. The molecule has 0 fully saturated rings. The van der Waals surface area contributed by atoms with Gasteiger partial charge >= 0.3 is 0 Å². The summed E-state index contributed by atoms with van der Waals surface area (Å²) in [7, 11) is 0. The fourth-order valence-corrected chi connectivity index (χ4v) is 2.18. The Labute approximate surface area is 135 Å². The van der Waals surface area contributed by atoms with Crippen LogP contribution in [0.4, 0.5) is 0 Å². The summed E-state index contributed by atoms with van der Waals surface area (Å²) in [6.45, 7) is 4.07. The number of aromatic nitrogens is 1. The normalized spacial score (nSPS) is 10.6. The van der Waals surface area contributed by atoms with Crippen LogP contribution in [0.15, 0.2) is 36.4 Å². The molecule has 2 rings (SSSR count). The monoisotopic (exact) mass is 324 g/mol. The van der Waals surface area contributed by atoms with Crippen molar-refractivity contribution in [3.63, 3.8) is 0 Å². The van der Waals surface area contributed by atoms with Gasteiger partial charge in [0.15, 0.2) is 0 Å². The number of nitrogens with zero attached hydrogens (tertiary/aromatic N) is 1. The molecule has 0 saturated heterocycles. The highest BCUT2D eigenvalue weighted by molar-refractivity contribution is 6.31. The molecule has 2 aromatic rings. The van der Waals surface area contributed by atoms with Crippen molar-refractivity contribution < 1.29 is 4.74 Å². The largest absolute Gasteiger partial charge is 0.473 e. The Morgan fingerprint density at radius 1 is 1.10 bits per heavy atom. The second-order valence-electron chi connectivity index (χ2n) is 4.63. The van der Waals surface area contributed by atoms with Gasteiger partial charge in [0.25, 0.3) is 0 Å². The number of ether oxygens (including phenoxy) is 1. The Morgan fingerprint density at radius 2 is 1.90 bits per heavy atom. The molecule has 1 N–H and O–H groups in total. The summed E-state index contributed by atoms with van der Waals surface area (Å²) in [6.07, 6.45) is 1.07. The van der Waals surface area contributed by atoms with Gasteiger partial charge in [-0.15, -0.1) is 0 Å². The first-order valence-corrected chi connectivity index (χ1v) is 7.68. The SMILES string of the molecule is CCCNCc1nc(OCc2ccccc2Cl)ccc1Cl. The quantitative estimate of drug-likeness (QED) is 0.763. The average molecular weight is 325 g/mol. The van der Waals surface area contributed by atoms with Crippen molar-refractivity contribution in [2.24, 2.45) is 0 Å². The van der Waals surface area contributed by atoms with E-state index in [1.807, 2.05) is 24.3 Å². The van der Waals surface area contributed by atoms with Crippen molar-refractivity contribution in [2.45, 2.75) is 26.5 Å². The first-order chi connectivity index (χ1) is 10.2. The van der Waals surface area contributed by atoms with Crippen LogP contribution in [-0.4, -0.2) is 11.5 Å². The minimum atomic E-state index is 0.385. The molecule has 0 aliphatic heterocycles. The number of hydrogen-bond acceptors (Lipinski definition) is 3. The van der Waals surface area contributed by atoms with Crippen LogP contribution in [0.25, 0.3) is 0 Å². The van der Waals surface area contributed by atoms with E-state index in [1.54, 1.807) is 12.1 Å². The molecule has 1 heterocycles. The Bertz CT molecular complexity index is 590. The van der Waals surface area contributed by atoms with E-state index >= 15 is 0 Å². The number of rotatable bonds is 7. The summed E-state index contributed by atoms with van der Waals surface area (Å²) in [5.74, 6) is 0.549. The fourth-order valence-electron chi connectivity index (χ4n) is 1.82. The van der Waals surface area contributed by atoms with E-state index in [-0.39, 0.29) is 0 Å². The fraction of sp³-hybridized carbons (Fsp3) is 0.312. The number of nitrogens with one attached hydrogen (secondary N) is 1. The molecule has 0 radical (unpaired) electrons. The zero-order chi connectivity index (χ0) is 15.1. The maximum Gasteiger partial charge on any atom is 0.213 e. The van der Waals surface area contributed by atoms with E-state index in [9.17, 15) is 0 Å². The number of hydrogen-bond donors (Lipinski definition) is 1. The smallest absolute Gasteiger partial charge is 0.213 e. The molecule has 3 nitrogen and oxygen atoms in total. The maximum atomic E-state index is 6.14. The van der Waals surface area contributed by atoms with Gasteiger partial charge in [0.1, 0.15) is 6.61 Å². The van der Waals surface area contributed by atoms with E-state index in [2.05, 4.69) is 17.2 Å². The molecule has 0 saturated carbocycles. The van der Waals surface area contributed by atoms with Crippen LogP contribution in [0.2, 0.25) is 10.0 Å². The van der Waals surface area contributed by atoms with E-state index < -0.39 is 0 Å². The lowest BCUT2D eigenvalue weighted by Gasteiger charge is -2.10. The summed E-state index contributed by atoms with van der Waals surface area (Å²) in [5, 5.41) is 4.61. The number of benzene rings is 1. The van der Waals surface area contributed by atoms with Gasteiger partial charge in [-0.1, -0.05) is 48.3 Å². The van der Waals surface area contributed by atoms with Gasteiger partial charge in [0.05, 0.1) is 10.7 Å². The topological polar surface area (TPSA) is 34.2 Å². The molecule has 112 valence electrons. The van der Waals surface area contributed by atoms with Gasteiger partial charge in [-0.05, 0) is 25.1 Å². The first kappa shape index (κ1) is 16.1. The lowest BCUT2D eigenvalue weighted by atomic mass is 10.2. The molecule has 5 heteroatoms. The molecule has 21 heavy (non-hydrogen) atoms. The van der Waals surface area contributed by atoms with E-state index in [4.69, 9.17) is 27.9 Å². The molecule has 0 aliphatic carbocycles.